The first-order valence-corrected chi connectivity index (χ1v) is 6.09. The van der Waals surface area contributed by atoms with E-state index in [1.165, 1.54) is 0 Å². The van der Waals surface area contributed by atoms with Crippen molar-refractivity contribution in [2.75, 3.05) is 19.4 Å². The van der Waals surface area contributed by atoms with Crippen LogP contribution in [0.1, 0.15) is 25.8 Å². The second kappa shape index (κ2) is 5.98. The molecule has 0 radical (unpaired) electrons. The number of amides is 1. The first kappa shape index (κ1) is 14.7. The zero-order chi connectivity index (χ0) is 13.8. The third-order valence-corrected chi connectivity index (χ3v) is 2.39. The fourth-order valence-corrected chi connectivity index (χ4v) is 1.73. The molecule has 4 heteroatoms. The number of benzene rings is 1. The standard InChI is InChI=1S/C14H23N3O/c1-14(2,15)9-13(18)16-12-8-6-5-7-11(12)10-17(3)4/h5-8H,9-10,15H2,1-4H3,(H,16,18). The lowest BCUT2D eigenvalue weighted by Crippen LogP contribution is -2.36. The zero-order valence-electron chi connectivity index (χ0n) is 11.7. The van der Waals surface area contributed by atoms with Gasteiger partial charge in [-0.15, -0.1) is 0 Å². The third kappa shape index (κ3) is 5.29. The van der Waals surface area contributed by atoms with E-state index in [0.717, 1.165) is 17.8 Å². The van der Waals surface area contributed by atoms with Crippen LogP contribution in [0.4, 0.5) is 5.69 Å². The van der Waals surface area contributed by atoms with Crippen LogP contribution in [0, 0.1) is 0 Å². The van der Waals surface area contributed by atoms with Crippen LogP contribution in [0.3, 0.4) is 0 Å². The molecule has 1 rings (SSSR count). The van der Waals surface area contributed by atoms with Crippen molar-refractivity contribution in [1.82, 2.24) is 4.90 Å². The van der Waals surface area contributed by atoms with Gasteiger partial charge in [0.15, 0.2) is 0 Å². The van der Waals surface area contributed by atoms with E-state index in [1.807, 2.05) is 52.2 Å². The number of para-hydroxylation sites is 1. The predicted molar refractivity (Wildman–Crippen MR) is 75.3 cm³/mol. The number of anilines is 1. The molecule has 0 unspecified atom stereocenters. The summed E-state index contributed by atoms with van der Waals surface area (Å²) in [5.41, 5.74) is 7.32. The lowest BCUT2D eigenvalue weighted by Gasteiger charge is -2.19. The smallest absolute Gasteiger partial charge is 0.226 e. The predicted octanol–water partition coefficient (Wildman–Crippen LogP) is 1.81. The first-order valence-electron chi connectivity index (χ1n) is 6.09. The second-order valence-corrected chi connectivity index (χ2v) is 5.61. The van der Waals surface area contributed by atoms with E-state index >= 15 is 0 Å². The van der Waals surface area contributed by atoms with Crippen LogP contribution in [0.25, 0.3) is 0 Å². The summed E-state index contributed by atoms with van der Waals surface area (Å²) in [6, 6.07) is 7.83. The van der Waals surface area contributed by atoms with Crippen molar-refractivity contribution in [3.63, 3.8) is 0 Å². The van der Waals surface area contributed by atoms with E-state index in [4.69, 9.17) is 5.73 Å². The Balaban J connectivity index is 2.75. The van der Waals surface area contributed by atoms with Gasteiger partial charge in [-0.3, -0.25) is 4.79 Å². The molecular formula is C14H23N3O. The molecule has 0 bridgehead atoms. The largest absolute Gasteiger partial charge is 0.326 e. The maximum atomic E-state index is 11.9. The van der Waals surface area contributed by atoms with E-state index in [9.17, 15) is 4.79 Å². The highest BCUT2D eigenvalue weighted by Crippen LogP contribution is 2.17. The lowest BCUT2D eigenvalue weighted by atomic mass is 10.0. The summed E-state index contributed by atoms with van der Waals surface area (Å²) >= 11 is 0. The van der Waals surface area contributed by atoms with Gasteiger partial charge in [0.25, 0.3) is 0 Å². The number of hydrogen-bond acceptors (Lipinski definition) is 3. The number of nitrogens with two attached hydrogens (primary N) is 1. The monoisotopic (exact) mass is 249 g/mol. The Bertz CT molecular complexity index is 408. The van der Waals surface area contributed by atoms with Crippen molar-refractivity contribution in [3.05, 3.63) is 29.8 Å². The molecule has 0 saturated heterocycles. The van der Waals surface area contributed by atoms with E-state index in [0.29, 0.717) is 6.42 Å². The Morgan fingerprint density at radius 3 is 2.50 bits per heavy atom. The van der Waals surface area contributed by atoms with Gasteiger partial charge in [-0.05, 0) is 39.6 Å². The minimum absolute atomic E-state index is 0.0475. The van der Waals surface area contributed by atoms with Crippen molar-refractivity contribution >= 4 is 11.6 Å². The minimum Gasteiger partial charge on any atom is -0.326 e. The first-order chi connectivity index (χ1) is 8.28. The summed E-state index contributed by atoms with van der Waals surface area (Å²) in [7, 11) is 4.00. The average Bonchev–Trinajstić information content (AvgIpc) is 2.17. The number of nitrogens with zero attached hydrogens (tertiary/aromatic N) is 1. The molecule has 0 aliphatic carbocycles. The Morgan fingerprint density at radius 2 is 1.94 bits per heavy atom. The summed E-state index contributed by atoms with van der Waals surface area (Å²) < 4.78 is 0. The molecule has 0 atom stereocenters. The summed E-state index contributed by atoms with van der Waals surface area (Å²) in [6.45, 7) is 4.49. The molecule has 1 amide bonds. The van der Waals surface area contributed by atoms with Crippen molar-refractivity contribution in [3.8, 4) is 0 Å². The van der Waals surface area contributed by atoms with Gasteiger partial charge >= 0.3 is 0 Å². The molecule has 18 heavy (non-hydrogen) atoms. The lowest BCUT2D eigenvalue weighted by molar-refractivity contribution is -0.117. The van der Waals surface area contributed by atoms with Crippen LogP contribution in [-0.4, -0.2) is 30.4 Å². The highest BCUT2D eigenvalue weighted by atomic mass is 16.1. The molecule has 1 aromatic rings. The van der Waals surface area contributed by atoms with E-state index < -0.39 is 5.54 Å². The average molecular weight is 249 g/mol. The molecular weight excluding hydrogens is 226 g/mol. The number of carbonyl (C=O) groups excluding carboxylic acids is 1. The molecule has 0 aliphatic rings. The van der Waals surface area contributed by atoms with Gasteiger partial charge in [0.1, 0.15) is 0 Å². The molecule has 0 aliphatic heterocycles. The maximum Gasteiger partial charge on any atom is 0.226 e. The number of nitrogens with one attached hydrogen (secondary N) is 1. The van der Waals surface area contributed by atoms with Gasteiger partial charge in [-0.25, -0.2) is 0 Å². The summed E-state index contributed by atoms with van der Waals surface area (Å²) in [5.74, 6) is -0.0475. The van der Waals surface area contributed by atoms with Crippen molar-refractivity contribution in [2.24, 2.45) is 5.73 Å². The Labute approximate surface area is 109 Å². The molecule has 100 valence electrons. The Hall–Kier alpha value is -1.39. The van der Waals surface area contributed by atoms with Crippen molar-refractivity contribution < 1.29 is 4.79 Å². The Morgan fingerprint density at radius 1 is 1.33 bits per heavy atom. The molecule has 0 fully saturated rings. The van der Waals surface area contributed by atoms with Gasteiger partial charge in [0.2, 0.25) is 5.91 Å². The van der Waals surface area contributed by atoms with Gasteiger partial charge in [0, 0.05) is 24.2 Å². The molecule has 0 saturated carbocycles. The van der Waals surface area contributed by atoms with Crippen LogP contribution in [0.2, 0.25) is 0 Å². The molecule has 4 nitrogen and oxygen atoms in total. The van der Waals surface area contributed by atoms with Crippen molar-refractivity contribution in [1.29, 1.82) is 0 Å². The van der Waals surface area contributed by atoms with Gasteiger partial charge in [0.05, 0.1) is 0 Å². The van der Waals surface area contributed by atoms with Crippen LogP contribution in [0.15, 0.2) is 24.3 Å². The van der Waals surface area contributed by atoms with Crippen LogP contribution < -0.4 is 11.1 Å². The third-order valence-electron chi connectivity index (χ3n) is 2.39. The fourth-order valence-electron chi connectivity index (χ4n) is 1.73. The van der Waals surface area contributed by atoms with Gasteiger partial charge < -0.3 is 16.0 Å². The minimum atomic E-state index is -0.486. The molecule has 0 heterocycles. The molecule has 1 aromatic carbocycles. The van der Waals surface area contributed by atoms with Gasteiger partial charge in [-0.1, -0.05) is 18.2 Å². The van der Waals surface area contributed by atoms with Crippen LogP contribution in [0.5, 0.6) is 0 Å². The number of rotatable bonds is 5. The summed E-state index contributed by atoms with van der Waals surface area (Å²) in [5, 5.41) is 2.93. The number of hydrogen-bond donors (Lipinski definition) is 2. The molecule has 3 N–H and O–H groups in total. The van der Waals surface area contributed by atoms with Crippen LogP contribution >= 0.6 is 0 Å². The Kier molecular flexibility index (Phi) is 4.87. The second-order valence-electron chi connectivity index (χ2n) is 5.61. The molecule has 0 aromatic heterocycles. The fraction of sp³-hybridized carbons (Fsp3) is 0.500. The van der Waals surface area contributed by atoms with E-state index in [2.05, 4.69) is 10.2 Å². The quantitative estimate of drug-likeness (QED) is 0.836. The summed E-state index contributed by atoms with van der Waals surface area (Å²) in [4.78, 5) is 13.9. The van der Waals surface area contributed by atoms with Crippen LogP contribution in [-0.2, 0) is 11.3 Å². The molecule has 0 spiro atoms. The van der Waals surface area contributed by atoms with Crippen molar-refractivity contribution in [2.45, 2.75) is 32.4 Å². The topological polar surface area (TPSA) is 58.4 Å². The number of carbonyl (C=O) groups is 1. The summed E-state index contributed by atoms with van der Waals surface area (Å²) in [6.07, 6.45) is 0.309. The van der Waals surface area contributed by atoms with Gasteiger partial charge in [-0.2, -0.15) is 0 Å². The normalized spacial score (nSPS) is 11.7. The maximum absolute atomic E-state index is 11.9. The zero-order valence-corrected chi connectivity index (χ0v) is 11.7. The van der Waals surface area contributed by atoms with E-state index in [-0.39, 0.29) is 5.91 Å². The highest BCUT2D eigenvalue weighted by molar-refractivity contribution is 5.92. The SMILES string of the molecule is CN(C)Cc1ccccc1NC(=O)CC(C)(C)N. The highest BCUT2D eigenvalue weighted by Gasteiger charge is 2.17. The van der Waals surface area contributed by atoms with E-state index in [1.54, 1.807) is 0 Å².